The minimum atomic E-state index is -0.362. The summed E-state index contributed by atoms with van der Waals surface area (Å²) in [7, 11) is 0. The molecule has 4 aliphatic carbocycles. The first-order valence-corrected chi connectivity index (χ1v) is 9.83. The second-order valence-corrected chi connectivity index (χ2v) is 10.0. The Balaban J connectivity index is 1.61. The molecule has 5 heteroatoms. The van der Waals surface area contributed by atoms with E-state index in [-0.39, 0.29) is 28.2 Å². The van der Waals surface area contributed by atoms with Gasteiger partial charge in [0, 0.05) is 17.4 Å². The zero-order chi connectivity index (χ0) is 17.5. The van der Waals surface area contributed by atoms with Crippen LogP contribution < -0.4 is 0 Å². The van der Waals surface area contributed by atoms with Crippen molar-refractivity contribution < 1.29 is 14.3 Å². The zero-order valence-corrected chi connectivity index (χ0v) is 16.4. The zero-order valence-electron chi connectivity index (χ0n) is 14.8. The SMILES string of the molecule is C=C(C)CN(CC)C(=O)COC(=O)C12CC3CC(CC(Br)(C3)C1)C2. The van der Waals surface area contributed by atoms with Crippen LogP contribution in [0.1, 0.15) is 52.4 Å². The molecule has 0 saturated heterocycles. The van der Waals surface area contributed by atoms with Crippen molar-refractivity contribution in [2.45, 2.75) is 56.7 Å². The monoisotopic (exact) mass is 397 g/mol. The fraction of sp³-hybridized carbons (Fsp3) is 0.789. The van der Waals surface area contributed by atoms with Crippen molar-refractivity contribution in [2.75, 3.05) is 19.7 Å². The molecule has 0 radical (unpaired) electrons. The Morgan fingerprint density at radius 3 is 2.38 bits per heavy atom. The van der Waals surface area contributed by atoms with Gasteiger partial charge in [0.15, 0.2) is 6.61 Å². The van der Waals surface area contributed by atoms with Crippen molar-refractivity contribution in [1.29, 1.82) is 0 Å². The predicted octanol–water partition coefficient (Wildman–Crippen LogP) is 3.69. The number of esters is 1. The highest BCUT2D eigenvalue weighted by Gasteiger charge is 2.60. The van der Waals surface area contributed by atoms with E-state index >= 15 is 0 Å². The van der Waals surface area contributed by atoms with Crippen LogP contribution in [0.3, 0.4) is 0 Å². The smallest absolute Gasteiger partial charge is 0.312 e. The van der Waals surface area contributed by atoms with E-state index in [4.69, 9.17) is 4.74 Å². The molecule has 0 aromatic carbocycles. The molecule has 0 aromatic heterocycles. The summed E-state index contributed by atoms with van der Waals surface area (Å²) in [6.07, 6.45) is 6.35. The number of alkyl halides is 1. The van der Waals surface area contributed by atoms with Gasteiger partial charge < -0.3 is 9.64 Å². The number of hydrogen-bond acceptors (Lipinski definition) is 3. The molecule has 0 aromatic rings. The highest BCUT2D eigenvalue weighted by molar-refractivity contribution is 9.10. The van der Waals surface area contributed by atoms with Crippen molar-refractivity contribution in [3.63, 3.8) is 0 Å². The molecule has 4 rings (SSSR count). The lowest BCUT2D eigenvalue weighted by molar-refractivity contribution is -0.172. The van der Waals surface area contributed by atoms with E-state index < -0.39 is 0 Å². The largest absolute Gasteiger partial charge is 0.455 e. The summed E-state index contributed by atoms with van der Waals surface area (Å²) in [6.45, 7) is 8.64. The predicted molar refractivity (Wildman–Crippen MR) is 96.8 cm³/mol. The van der Waals surface area contributed by atoms with Gasteiger partial charge in [-0.2, -0.15) is 0 Å². The number of rotatable bonds is 6. The normalized spacial score (nSPS) is 36.5. The molecule has 24 heavy (non-hydrogen) atoms. The van der Waals surface area contributed by atoms with Crippen LogP contribution >= 0.6 is 15.9 Å². The fourth-order valence-corrected chi connectivity index (χ4v) is 6.92. The van der Waals surface area contributed by atoms with Gasteiger partial charge in [0.25, 0.3) is 5.91 Å². The maximum atomic E-state index is 12.8. The van der Waals surface area contributed by atoms with Gasteiger partial charge in [-0.3, -0.25) is 9.59 Å². The van der Waals surface area contributed by atoms with Gasteiger partial charge in [0.05, 0.1) is 5.41 Å². The van der Waals surface area contributed by atoms with E-state index in [1.807, 2.05) is 13.8 Å². The lowest BCUT2D eigenvalue weighted by atomic mass is 9.49. The van der Waals surface area contributed by atoms with E-state index in [0.29, 0.717) is 24.9 Å². The first kappa shape index (κ1) is 18.0. The number of amides is 1. The van der Waals surface area contributed by atoms with Gasteiger partial charge >= 0.3 is 5.97 Å². The van der Waals surface area contributed by atoms with Crippen molar-refractivity contribution in [3.8, 4) is 0 Å². The lowest BCUT2D eigenvalue weighted by Crippen LogP contribution is -2.56. The standard InChI is InChI=1S/C19H28BrNO3/c1-4-21(10-13(2)3)16(22)11-24-17(23)18-6-14-5-15(7-18)9-19(20,8-14)12-18/h14-15H,2,4-12H2,1,3H3. The minimum Gasteiger partial charge on any atom is -0.455 e. The third kappa shape index (κ3) is 3.42. The van der Waals surface area contributed by atoms with Crippen LogP contribution in [-0.2, 0) is 14.3 Å². The number of halogens is 1. The van der Waals surface area contributed by atoms with Crippen molar-refractivity contribution in [1.82, 2.24) is 4.90 Å². The van der Waals surface area contributed by atoms with Crippen molar-refractivity contribution in [3.05, 3.63) is 12.2 Å². The summed E-state index contributed by atoms with van der Waals surface area (Å²) in [6, 6.07) is 0. The molecule has 134 valence electrons. The van der Waals surface area contributed by atoms with Crippen LogP contribution in [0.5, 0.6) is 0 Å². The molecular weight excluding hydrogens is 370 g/mol. The maximum absolute atomic E-state index is 12.8. The molecule has 0 heterocycles. The second kappa shape index (κ2) is 6.47. The summed E-state index contributed by atoms with van der Waals surface area (Å²) in [5.41, 5.74) is 0.568. The van der Waals surface area contributed by atoms with E-state index in [9.17, 15) is 9.59 Å². The van der Waals surface area contributed by atoms with Gasteiger partial charge in [-0.15, -0.1) is 0 Å². The molecule has 4 saturated carbocycles. The Kier molecular flexibility index (Phi) is 4.84. The summed E-state index contributed by atoms with van der Waals surface area (Å²) >= 11 is 3.91. The fourth-order valence-electron chi connectivity index (χ4n) is 5.46. The van der Waals surface area contributed by atoms with Gasteiger partial charge in [0.2, 0.25) is 0 Å². The molecule has 4 fully saturated rings. The topological polar surface area (TPSA) is 46.6 Å². The number of carbonyl (C=O) groups excluding carboxylic acids is 2. The van der Waals surface area contributed by atoms with E-state index in [1.165, 1.54) is 19.3 Å². The summed E-state index contributed by atoms with van der Waals surface area (Å²) in [4.78, 5) is 26.8. The minimum absolute atomic E-state index is 0.121. The molecule has 1 amide bonds. The summed E-state index contributed by atoms with van der Waals surface area (Å²) in [5.74, 6) is 0.973. The number of likely N-dealkylation sites (N-methyl/N-ethyl adjacent to an activating group) is 1. The summed E-state index contributed by atoms with van der Waals surface area (Å²) in [5, 5.41) is 0. The lowest BCUT2D eigenvalue weighted by Gasteiger charge is -2.58. The van der Waals surface area contributed by atoms with E-state index in [1.54, 1.807) is 4.90 Å². The first-order valence-electron chi connectivity index (χ1n) is 9.03. The molecule has 0 aliphatic heterocycles. The quantitative estimate of drug-likeness (QED) is 0.390. The van der Waals surface area contributed by atoms with E-state index in [0.717, 1.165) is 24.8 Å². The highest BCUT2D eigenvalue weighted by Crippen LogP contribution is 2.64. The molecule has 4 aliphatic rings. The molecule has 0 spiro atoms. The third-order valence-corrected chi connectivity index (χ3v) is 6.87. The van der Waals surface area contributed by atoms with Crippen LogP contribution in [-0.4, -0.2) is 40.8 Å². The van der Waals surface area contributed by atoms with Gasteiger partial charge in [-0.1, -0.05) is 28.1 Å². The highest BCUT2D eigenvalue weighted by atomic mass is 79.9. The number of hydrogen-bond donors (Lipinski definition) is 0. The number of ether oxygens (including phenoxy) is 1. The Hall–Kier alpha value is -0.840. The first-order chi connectivity index (χ1) is 11.3. The average Bonchev–Trinajstić information content (AvgIpc) is 2.47. The second-order valence-electron chi connectivity index (χ2n) is 8.33. The van der Waals surface area contributed by atoms with Gasteiger partial charge in [0.1, 0.15) is 0 Å². The Labute approximate surface area is 153 Å². The Morgan fingerprint density at radius 1 is 1.25 bits per heavy atom. The molecule has 2 unspecified atom stereocenters. The Morgan fingerprint density at radius 2 is 1.88 bits per heavy atom. The molecule has 4 bridgehead atoms. The van der Waals surface area contributed by atoms with Crippen LogP contribution in [0.4, 0.5) is 0 Å². The maximum Gasteiger partial charge on any atom is 0.312 e. The molecule has 4 nitrogen and oxygen atoms in total. The molecule has 2 atom stereocenters. The van der Waals surface area contributed by atoms with Crippen LogP contribution in [0.2, 0.25) is 0 Å². The van der Waals surface area contributed by atoms with Crippen LogP contribution in [0, 0.1) is 17.3 Å². The molecular formula is C19H28BrNO3. The van der Waals surface area contributed by atoms with Gasteiger partial charge in [-0.05, 0) is 64.2 Å². The third-order valence-electron chi connectivity index (χ3n) is 5.94. The Bertz CT molecular complexity index is 545. The summed E-state index contributed by atoms with van der Waals surface area (Å²) < 4.78 is 5.64. The van der Waals surface area contributed by atoms with Crippen molar-refractivity contribution in [2.24, 2.45) is 17.3 Å². The van der Waals surface area contributed by atoms with Crippen molar-refractivity contribution >= 4 is 27.8 Å². The number of carbonyl (C=O) groups is 2. The van der Waals surface area contributed by atoms with E-state index in [2.05, 4.69) is 22.5 Å². The van der Waals surface area contributed by atoms with Crippen LogP contribution in [0.15, 0.2) is 12.2 Å². The van der Waals surface area contributed by atoms with Crippen LogP contribution in [0.25, 0.3) is 0 Å². The van der Waals surface area contributed by atoms with Gasteiger partial charge in [-0.25, -0.2) is 0 Å². The average molecular weight is 398 g/mol. The number of nitrogens with zero attached hydrogens (tertiary/aromatic N) is 1. The molecule has 0 N–H and O–H groups in total.